The third-order valence-corrected chi connectivity index (χ3v) is 14.3. The summed E-state index contributed by atoms with van der Waals surface area (Å²) in [6.07, 6.45) is 2.02. The van der Waals surface area contributed by atoms with E-state index in [1.807, 2.05) is 66.9 Å². The largest absolute Gasteiger partial charge is 0.284 e. The molecular formula is C53H38N6Si. The average Bonchev–Trinajstić information content (AvgIpc) is 3.94. The van der Waals surface area contributed by atoms with Crippen molar-refractivity contribution in [3.63, 3.8) is 0 Å². The summed E-state index contributed by atoms with van der Waals surface area (Å²) in [7, 11) is -2.11. The van der Waals surface area contributed by atoms with Crippen LogP contribution in [0.2, 0.25) is 19.6 Å². The molecule has 2 aliphatic rings. The molecule has 0 atom stereocenters. The van der Waals surface area contributed by atoms with Crippen LogP contribution in [0.25, 0.3) is 84.4 Å². The van der Waals surface area contributed by atoms with Gasteiger partial charge in [0.15, 0.2) is 17.5 Å². The van der Waals surface area contributed by atoms with Gasteiger partial charge in [-0.05, 0) is 56.6 Å². The maximum atomic E-state index is 5.39. The van der Waals surface area contributed by atoms with Gasteiger partial charge in [0, 0.05) is 33.0 Å². The summed E-state index contributed by atoms with van der Waals surface area (Å²) in [6, 6.07) is 60.6. The molecule has 3 heterocycles. The predicted octanol–water partition coefficient (Wildman–Crippen LogP) is 11.6. The number of aromatic nitrogens is 6. The zero-order chi connectivity index (χ0) is 40.2. The van der Waals surface area contributed by atoms with E-state index in [4.69, 9.17) is 24.9 Å². The minimum Gasteiger partial charge on any atom is -0.284 e. The molecule has 0 unspecified atom stereocenters. The normalized spacial score (nSPS) is 13.4. The molecule has 0 N–H and O–H groups in total. The highest BCUT2D eigenvalue weighted by Crippen LogP contribution is 2.63. The first-order valence-corrected chi connectivity index (χ1v) is 24.0. The highest BCUT2D eigenvalue weighted by molar-refractivity contribution is 6.90. The van der Waals surface area contributed by atoms with Crippen LogP contribution in [0.1, 0.15) is 22.3 Å². The fourth-order valence-electron chi connectivity index (χ4n) is 10.0. The molecule has 10 aromatic rings. The van der Waals surface area contributed by atoms with Crippen LogP contribution in [-0.2, 0) is 5.41 Å². The van der Waals surface area contributed by atoms with Crippen molar-refractivity contribution in [2.45, 2.75) is 25.1 Å². The molecule has 0 amide bonds. The van der Waals surface area contributed by atoms with Crippen molar-refractivity contribution in [1.82, 2.24) is 29.3 Å². The molecule has 0 aliphatic heterocycles. The van der Waals surface area contributed by atoms with E-state index in [0.29, 0.717) is 23.3 Å². The smallest absolute Gasteiger partial charge is 0.234 e. The third kappa shape index (κ3) is 4.90. The monoisotopic (exact) mass is 786 g/mol. The van der Waals surface area contributed by atoms with E-state index < -0.39 is 13.5 Å². The first-order chi connectivity index (χ1) is 29.4. The Hall–Kier alpha value is -7.35. The summed E-state index contributed by atoms with van der Waals surface area (Å²) in [5, 5.41) is 2.34. The molecule has 7 aromatic carbocycles. The Bertz CT molecular complexity index is 3250. The molecule has 0 bridgehead atoms. The van der Waals surface area contributed by atoms with Gasteiger partial charge in [-0.25, -0.2) is 24.9 Å². The van der Waals surface area contributed by atoms with Crippen molar-refractivity contribution in [2.24, 2.45) is 0 Å². The van der Waals surface area contributed by atoms with Crippen LogP contribution < -0.4 is 5.32 Å². The lowest BCUT2D eigenvalue weighted by atomic mass is 9.70. The second-order valence-corrected chi connectivity index (χ2v) is 21.9. The fraction of sp³-hybridized carbons (Fsp3) is 0.0755. The van der Waals surface area contributed by atoms with E-state index in [2.05, 4.69) is 133 Å². The van der Waals surface area contributed by atoms with Crippen LogP contribution in [0.5, 0.6) is 0 Å². The SMILES string of the molecule is C[Si](C)(C)c1c2cccc(-c3nc(-c4ccccc4)nc(-c4ccccc4)n3)c2nc2ncc(-c3ccc4c(c3)C3(c5ccccc5-c5ccccc53)c3ccccc3-4)n12. The number of fused-ring (bicyclic) bond motifs is 12. The first-order valence-electron chi connectivity index (χ1n) is 20.5. The Morgan fingerprint density at radius 2 is 0.933 bits per heavy atom. The lowest BCUT2D eigenvalue weighted by Crippen LogP contribution is -2.43. The summed E-state index contributed by atoms with van der Waals surface area (Å²) >= 11 is 0. The number of hydrogen-bond acceptors (Lipinski definition) is 5. The molecule has 7 heteroatoms. The molecule has 6 nitrogen and oxygen atoms in total. The van der Waals surface area contributed by atoms with E-state index in [0.717, 1.165) is 38.9 Å². The van der Waals surface area contributed by atoms with Gasteiger partial charge in [0.1, 0.15) is 8.07 Å². The summed E-state index contributed by atoms with van der Waals surface area (Å²) in [5.74, 6) is 2.49. The van der Waals surface area contributed by atoms with E-state index >= 15 is 0 Å². The second kappa shape index (κ2) is 12.8. The van der Waals surface area contributed by atoms with Crippen LogP contribution in [0.4, 0.5) is 0 Å². The predicted molar refractivity (Wildman–Crippen MR) is 245 cm³/mol. The minimum atomic E-state index is -2.11. The van der Waals surface area contributed by atoms with Gasteiger partial charge in [0.25, 0.3) is 0 Å². The van der Waals surface area contributed by atoms with Crippen molar-refractivity contribution in [2.75, 3.05) is 0 Å². The fourth-order valence-corrected chi connectivity index (χ4v) is 11.9. The number of imidazole rings is 1. The van der Waals surface area contributed by atoms with Gasteiger partial charge < -0.3 is 0 Å². The maximum absolute atomic E-state index is 5.39. The zero-order valence-corrected chi connectivity index (χ0v) is 34.4. The summed E-state index contributed by atoms with van der Waals surface area (Å²) in [6.45, 7) is 7.22. The van der Waals surface area contributed by atoms with Crippen LogP contribution in [-0.4, -0.2) is 37.4 Å². The minimum absolute atomic E-state index is 0.432. The first kappa shape index (κ1) is 34.7. The van der Waals surface area contributed by atoms with Gasteiger partial charge in [0.05, 0.1) is 22.8 Å². The van der Waals surface area contributed by atoms with Gasteiger partial charge in [-0.2, -0.15) is 0 Å². The van der Waals surface area contributed by atoms with Crippen LogP contribution in [0, 0.1) is 0 Å². The Morgan fingerprint density at radius 1 is 0.433 bits per heavy atom. The van der Waals surface area contributed by atoms with Crippen LogP contribution >= 0.6 is 0 Å². The zero-order valence-electron chi connectivity index (χ0n) is 33.4. The molecule has 0 radical (unpaired) electrons. The summed E-state index contributed by atoms with van der Waals surface area (Å²) in [5.41, 5.74) is 15.7. The number of rotatable bonds is 5. The topological polar surface area (TPSA) is 68.9 Å². The Balaban J connectivity index is 1.09. The van der Waals surface area contributed by atoms with Crippen LogP contribution in [0.3, 0.4) is 0 Å². The van der Waals surface area contributed by atoms with E-state index in [9.17, 15) is 0 Å². The lowest BCUT2D eigenvalue weighted by molar-refractivity contribution is 0.794. The third-order valence-electron chi connectivity index (χ3n) is 12.4. The van der Waals surface area contributed by atoms with Gasteiger partial charge in [0.2, 0.25) is 5.78 Å². The maximum Gasteiger partial charge on any atom is 0.234 e. The van der Waals surface area contributed by atoms with Gasteiger partial charge in [-0.3, -0.25) is 4.40 Å². The highest BCUT2D eigenvalue weighted by Gasteiger charge is 2.51. The van der Waals surface area contributed by atoms with Crippen molar-refractivity contribution >= 4 is 30.1 Å². The number of para-hydroxylation sites is 1. The van der Waals surface area contributed by atoms with Crippen LogP contribution in [0.15, 0.2) is 176 Å². The molecule has 0 fully saturated rings. The Morgan fingerprint density at radius 3 is 1.50 bits per heavy atom. The van der Waals surface area contributed by atoms with Crippen molar-refractivity contribution in [1.29, 1.82) is 0 Å². The van der Waals surface area contributed by atoms with Crippen molar-refractivity contribution in [3.8, 4) is 67.7 Å². The molecule has 0 saturated heterocycles. The standard InChI is InChI=1S/C53H38N6Si/c1-60(2,3)51-41-25-16-24-40(50-57-48(33-17-6-4-7-18-33)56-49(58-50)34-19-8-5-9-20-34)47(41)55-52-54-32-46(59(51)52)35-29-30-39-38-23-12-15-28-44(38)53(45(39)31-35)42-26-13-10-21-36(42)37-22-11-14-27-43(37)53/h4-32H,1-3H3. The quantitative estimate of drug-likeness (QED) is 0.163. The Kier molecular flexibility index (Phi) is 7.41. The van der Waals surface area contributed by atoms with Gasteiger partial charge in [-0.1, -0.05) is 177 Å². The number of benzene rings is 7. The molecule has 60 heavy (non-hydrogen) atoms. The molecule has 3 aromatic heterocycles. The molecule has 1 spiro atoms. The highest BCUT2D eigenvalue weighted by atomic mass is 28.3. The van der Waals surface area contributed by atoms with Gasteiger partial charge in [-0.15, -0.1) is 0 Å². The number of nitrogens with zero attached hydrogens (tertiary/aromatic N) is 6. The second-order valence-electron chi connectivity index (χ2n) is 16.9. The van der Waals surface area contributed by atoms with E-state index in [-0.39, 0.29) is 0 Å². The lowest BCUT2D eigenvalue weighted by Gasteiger charge is -2.30. The Labute approximate surface area is 349 Å². The van der Waals surface area contributed by atoms with Gasteiger partial charge >= 0.3 is 0 Å². The van der Waals surface area contributed by atoms with Crippen molar-refractivity contribution in [3.05, 3.63) is 198 Å². The molecule has 0 saturated carbocycles. The number of hydrogen-bond donors (Lipinski definition) is 0. The summed E-state index contributed by atoms with van der Waals surface area (Å²) < 4.78 is 2.34. The molecular weight excluding hydrogens is 749 g/mol. The molecule has 2 aliphatic carbocycles. The molecule has 284 valence electrons. The summed E-state index contributed by atoms with van der Waals surface area (Å²) in [4.78, 5) is 25.7. The molecule has 12 rings (SSSR count). The van der Waals surface area contributed by atoms with E-state index in [1.165, 1.54) is 49.8 Å². The van der Waals surface area contributed by atoms with E-state index in [1.54, 1.807) is 0 Å². The average molecular weight is 787 g/mol. The van der Waals surface area contributed by atoms with Crippen molar-refractivity contribution < 1.29 is 0 Å².